The fourth-order valence-corrected chi connectivity index (χ4v) is 4.01. The summed E-state index contributed by atoms with van der Waals surface area (Å²) in [6.07, 6.45) is 0.936. The molecule has 106 valence electrons. The molecule has 2 aromatic heterocycles. The first-order chi connectivity index (χ1) is 10.3. The van der Waals surface area contributed by atoms with Crippen LogP contribution >= 0.6 is 11.3 Å². The highest BCUT2D eigenvalue weighted by Crippen LogP contribution is 2.34. The Morgan fingerprint density at radius 3 is 3.14 bits per heavy atom. The number of hydrogen-bond donors (Lipinski definition) is 1. The van der Waals surface area contributed by atoms with E-state index in [4.69, 9.17) is 0 Å². The van der Waals surface area contributed by atoms with E-state index in [1.165, 1.54) is 10.4 Å². The molecule has 0 spiro atoms. The second kappa shape index (κ2) is 4.70. The summed E-state index contributed by atoms with van der Waals surface area (Å²) in [6.45, 7) is 2.85. The molecule has 0 saturated heterocycles. The summed E-state index contributed by atoms with van der Waals surface area (Å²) >= 11 is 1.78. The van der Waals surface area contributed by atoms with Gasteiger partial charge in [0.25, 0.3) is 5.91 Å². The molecule has 0 saturated carbocycles. The smallest absolute Gasteiger partial charge is 0.275 e. The Kier molecular flexibility index (Phi) is 2.82. The summed E-state index contributed by atoms with van der Waals surface area (Å²) in [4.78, 5) is 16.2. The third-order valence-corrected chi connectivity index (χ3v) is 5.21. The second-order valence-corrected chi connectivity index (χ2v) is 6.34. The Morgan fingerprint density at radius 1 is 1.38 bits per heavy atom. The van der Waals surface area contributed by atoms with Crippen LogP contribution in [0.15, 0.2) is 35.7 Å². The van der Waals surface area contributed by atoms with Crippen molar-refractivity contribution in [2.45, 2.75) is 19.4 Å². The van der Waals surface area contributed by atoms with Crippen LogP contribution in [0.4, 0.5) is 0 Å². The van der Waals surface area contributed by atoms with Gasteiger partial charge in [-0.25, -0.2) is 0 Å². The molecule has 3 aromatic rings. The highest BCUT2D eigenvalue weighted by molar-refractivity contribution is 7.10. The van der Waals surface area contributed by atoms with Crippen LogP contribution in [0, 0.1) is 0 Å². The van der Waals surface area contributed by atoms with E-state index in [1.54, 1.807) is 11.3 Å². The van der Waals surface area contributed by atoms with Crippen molar-refractivity contribution < 1.29 is 4.79 Å². The molecule has 4 rings (SSSR count). The van der Waals surface area contributed by atoms with E-state index in [0.717, 1.165) is 23.9 Å². The number of nitrogens with zero attached hydrogens (tertiary/aromatic N) is 2. The van der Waals surface area contributed by atoms with E-state index in [0.29, 0.717) is 5.69 Å². The van der Waals surface area contributed by atoms with Gasteiger partial charge in [0, 0.05) is 16.8 Å². The topological polar surface area (TPSA) is 49.0 Å². The summed E-state index contributed by atoms with van der Waals surface area (Å²) in [6, 6.07) is 10.0. The lowest BCUT2D eigenvalue weighted by molar-refractivity contribution is 0.0675. The summed E-state index contributed by atoms with van der Waals surface area (Å²) < 4.78 is 0. The van der Waals surface area contributed by atoms with E-state index in [-0.39, 0.29) is 11.9 Å². The van der Waals surface area contributed by atoms with Crippen LogP contribution in [0.25, 0.3) is 10.9 Å². The Balaban J connectivity index is 1.72. The quantitative estimate of drug-likeness (QED) is 0.748. The SMILES string of the molecule is CC1c2ccsc2CCN1C(=O)c1n[nH]c2ccccc12. The molecule has 1 unspecified atom stereocenters. The average molecular weight is 297 g/mol. The number of carbonyl (C=O) groups excluding carboxylic acids is 1. The first-order valence-corrected chi connectivity index (χ1v) is 7.94. The molecular weight excluding hydrogens is 282 g/mol. The Morgan fingerprint density at radius 2 is 2.24 bits per heavy atom. The fraction of sp³-hybridized carbons (Fsp3) is 0.250. The van der Waals surface area contributed by atoms with Crippen LogP contribution < -0.4 is 0 Å². The molecule has 0 aliphatic carbocycles. The molecular formula is C16H15N3OS. The van der Waals surface area contributed by atoms with E-state index in [9.17, 15) is 4.79 Å². The minimum atomic E-state index is 0.0109. The monoisotopic (exact) mass is 297 g/mol. The molecule has 0 radical (unpaired) electrons. The summed E-state index contributed by atoms with van der Waals surface area (Å²) in [5.41, 5.74) is 2.71. The van der Waals surface area contributed by atoms with Crippen LogP contribution in [0.5, 0.6) is 0 Å². The molecule has 1 atom stereocenters. The number of rotatable bonds is 1. The van der Waals surface area contributed by atoms with Crippen molar-refractivity contribution >= 4 is 28.1 Å². The normalized spacial score (nSPS) is 18.0. The lowest BCUT2D eigenvalue weighted by atomic mass is 10.0. The van der Waals surface area contributed by atoms with Gasteiger partial charge in [0.2, 0.25) is 0 Å². The maximum Gasteiger partial charge on any atom is 0.275 e. The number of nitrogens with one attached hydrogen (secondary N) is 1. The molecule has 5 heteroatoms. The molecule has 1 aromatic carbocycles. The zero-order valence-corrected chi connectivity index (χ0v) is 12.5. The van der Waals surface area contributed by atoms with Crippen molar-refractivity contribution in [1.82, 2.24) is 15.1 Å². The lowest BCUT2D eigenvalue weighted by Gasteiger charge is -2.33. The maximum atomic E-state index is 12.9. The molecule has 0 bridgehead atoms. The molecule has 1 N–H and O–H groups in total. The number of hydrogen-bond acceptors (Lipinski definition) is 3. The summed E-state index contributed by atoms with van der Waals surface area (Å²) in [5.74, 6) is 0.0109. The molecule has 1 aliphatic rings. The number of para-hydroxylation sites is 1. The molecule has 0 fully saturated rings. The molecule has 4 nitrogen and oxygen atoms in total. The number of amides is 1. The third-order valence-electron chi connectivity index (χ3n) is 4.21. The Hall–Kier alpha value is -2.14. The first kappa shape index (κ1) is 12.6. The van der Waals surface area contributed by atoms with Crippen molar-refractivity contribution in [1.29, 1.82) is 0 Å². The van der Waals surface area contributed by atoms with Crippen LogP contribution in [-0.4, -0.2) is 27.5 Å². The predicted octanol–water partition coefficient (Wildman–Crippen LogP) is 3.38. The zero-order valence-electron chi connectivity index (χ0n) is 11.7. The number of thiophene rings is 1. The van der Waals surface area contributed by atoms with Gasteiger partial charge >= 0.3 is 0 Å². The largest absolute Gasteiger partial charge is 0.330 e. The van der Waals surface area contributed by atoms with Gasteiger partial charge in [-0.05, 0) is 36.4 Å². The van der Waals surface area contributed by atoms with Gasteiger partial charge in [-0.1, -0.05) is 18.2 Å². The maximum absolute atomic E-state index is 12.9. The van der Waals surface area contributed by atoms with E-state index >= 15 is 0 Å². The van der Waals surface area contributed by atoms with Crippen LogP contribution in [0.1, 0.15) is 33.9 Å². The van der Waals surface area contributed by atoms with Crippen molar-refractivity contribution in [3.63, 3.8) is 0 Å². The predicted molar refractivity (Wildman–Crippen MR) is 83.6 cm³/mol. The van der Waals surface area contributed by atoms with Gasteiger partial charge < -0.3 is 4.90 Å². The van der Waals surface area contributed by atoms with Gasteiger partial charge in [0.05, 0.1) is 11.6 Å². The average Bonchev–Trinajstić information content (AvgIpc) is 3.14. The van der Waals surface area contributed by atoms with E-state index in [1.807, 2.05) is 29.2 Å². The molecule has 21 heavy (non-hydrogen) atoms. The Bertz CT molecular complexity index is 820. The second-order valence-electron chi connectivity index (χ2n) is 5.34. The number of fused-ring (bicyclic) bond motifs is 2. The summed E-state index contributed by atoms with van der Waals surface area (Å²) in [5, 5.41) is 10.2. The van der Waals surface area contributed by atoms with Crippen molar-refractivity contribution in [3.05, 3.63) is 51.8 Å². The van der Waals surface area contributed by atoms with E-state index in [2.05, 4.69) is 28.6 Å². The standard InChI is InChI=1S/C16H15N3OS/c1-10-11-7-9-21-14(11)6-8-19(10)16(20)15-12-4-2-3-5-13(12)17-18-15/h2-5,7,9-10H,6,8H2,1H3,(H,17,18). The van der Waals surface area contributed by atoms with Crippen LogP contribution in [-0.2, 0) is 6.42 Å². The minimum absolute atomic E-state index is 0.0109. The highest BCUT2D eigenvalue weighted by Gasteiger charge is 2.30. The number of benzene rings is 1. The number of carbonyl (C=O) groups is 1. The van der Waals surface area contributed by atoms with Gasteiger partial charge in [-0.3, -0.25) is 9.89 Å². The van der Waals surface area contributed by atoms with Gasteiger partial charge in [-0.2, -0.15) is 5.10 Å². The summed E-state index contributed by atoms with van der Waals surface area (Å²) in [7, 11) is 0. The minimum Gasteiger partial charge on any atom is -0.330 e. The van der Waals surface area contributed by atoms with Crippen LogP contribution in [0.3, 0.4) is 0 Å². The number of H-pyrrole nitrogens is 1. The highest BCUT2D eigenvalue weighted by atomic mass is 32.1. The van der Waals surface area contributed by atoms with Gasteiger partial charge in [0.1, 0.15) is 0 Å². The first-order valence-electron chi connectivity index (χ1n) is 7.06. The van der Waals surface area contributed by atoms with Gasteiger partial charge in [0.15, 0.2) is 5.69 Å². The van der Waals surface area contributed by atoms with Gasteiger partial charge in [-0.15, -0.1) is 11.3 Å². The molecule has 1 amide bonds. The fourth-order valence-electron chi connectivity index (χ4n) is 3.05. The van der Waals surface area contributed by atoms with E-state index < -0.39 is 0 Å². The number of aromatic amines is 1. The molecule has 3 heterocycles. The number of aromatic nitrogens is 2. The lowest BCUT2D eigenvalue weighted by Crippen LogP contribution is -2.38. The molecule has 1 aliphatic heterocycles. The third kappa shape index (κ3) is 1.88. The Labute approximate surface area is 126 Å². The van der Waals surface area contributed by atoms with Crippen molar-refractivity contribution in [2.75, 3.05) is 6.54 Å². The van der Waals surface area contributed by atoms with Crippen LogP contribution in [0.2, 0.25) is 0 Å². The van der Waals surface area contributed by atoms with Crippen molar-refractivity contribution in [3.8, 4) is 0 Å². The zero-order chi connectivity index (χ0) is 14.4. The van der Waals surface area contributed by atoms with Crippen molar-refractivity contribution in [2.24, 2.45) is 0 Å².